The van der Waals surface area contributed by atoms with Crippen molar-refractivity contribution in [2.45, 2.75) is 24.0 Å². The Kier molecular flexibility index (Phi) is 6.58. The zero-order valence-corrected chi connectivity index (χ0v) is 16.2. The molecule has 0 aliphatic heterocycles. The molecule has 28 heavy (non-hydrogen) atoms. The smallest absolute Gasteiger partial charge is 0.416 e. The molecule has 0 unspecified atom stereocenters. The SMILES string of the molecule is COc1ccc(S(=O)(=O)N[C@@H](C)C(=O)Nc2cc(C(F)(F)F)ccc2Cl)cc1. The average Bonchev–Trinajstić information content (AvgIpc) is 2.62. The van der Waals surface area contributed by atoms with E-state index < -0.39 is 33.7 Å². The molecule has 0 aliphatic carbocycles. The van der Waals surface area contributed by atoms with Crippen molar-refractivity contribution in [3.8, 4) is 5.75 Å². The van der Waals surface area contributed by atoms with Gasteiger partial charge < -0.3 is 10.1 Å². The van der Waals surface area contributed by atoms with E-state index in [9.17, 15) is 26.4 Å². The third-order valence-corrected chi connectivity index (χ3v) is 5.53. The first-order valence-electron chi connectivity index (χ1n) is 7.78. The summed E-state index contributed by atoms with van der Waals surface area (Å²) in [4.78, 5) is 12.1. The summed E-state index contributed by atoms with van der Waals surface area (Å²) < 4.78 is 70.2. The van der Waals surface area contributed by atoms with Crippen LogP contribution in [-0.2, 0) is 21.0 Å². The number of hydrogen-bond donors (Lipinski definition) is 2. The molecular formula is C17H16ClF3N2O4S. The molecule has 0 heterocycles. The second-order valence-electron chi connectivity index (χ2n) is 5.70. The fourth-order valence-electron chi connectivity index (χ4n) is 2.15. The lowest BCUT2D eigenvalue weighted by molar-refractivity contribution is -0.137. The zero-order chi connectivity index (χ0) is 21.1. The van der Waals surface area contributed by atoms with Gasteiger partial charge in [-0.3, -0.25) is 4.79 Å². The number of amides is 1. The van der Waals surface area contributed by atoms with Crippen molar-refractivity contribution in [3.63, 3.8) is 0 Å². The number of halogens is 4. The summed E-state index contributed by atoms with van der Waals surface area (Å²) in [5.41, 5.74) is -1.28. The van der Waals surface area contributed by atoms with Crippen molar-refractivity contribution in [2.24, 2.45) is 0 Å². The van der Waals surface area contributed by atoms with Crippen LogP contribution in [0.3, 0.4) is 0 Å². The Bertz CT molecular complexity index is 963. The second-order valence-corrected chi connectivity index (χ2v) is 7.82. The van der Waals surface area contributed by atoms with E-state index in [-0.39, 0.29) is 15.6 Å². The van der Waals surface area contributed by atoms with Crippen molar-refractivity contribution >= 4 is 33.2 Å². The van der Waals surface area contributed by atoms with Gasteiger partial charge in [0, 0.05) is 0 Å². The van der Waals surface area contributed by atoms with Crippen molar-refractivity contribution in [3.05, 3.63) is 53.1 Å². The van der Waals surface area contributed by atoms with Crippen LogP contribution in [-0.4, -0.2) is 27.5 Å². The highest BCUT2D eigenvalue weighted by Gasteiger charge is 2.31. The third kappa shape index (κ3) is 5.37. The van der Waals surface area contributed by atoms with E-state index in [1.807, 2.05) is 0 Å². The molecule has 2 N–H and O–H groups in total. The molecule has 2 aromatic carbocycles. The second kappa shape index (κ2) is 8.38. The summed E-state index contributed by atoms with van der Waals surface area (Å²) in [7, 11) is -2.62. The van der Waals surface area contributed by atoms with Gasteiger partial charge in [-0.25, -0.2) is 8.42 Å². The standard InChI is InChI=1S/C17H16ClF3N2O4S/c1-10(23-28(25,26)13-6-4-12(27-2)5-7-13)16(24)22-15-9-11(17(19,20)21)3-8-14(15)18/h3-10,23H,1-2H3,(H,22,24)/t10-/m0/s1. The molecule has 11 heteroatoms. The van der Waals surface area contributed by atoms with Gasteiger partial charge in [0.1, 0.15) is 5.75 Å². The minimum Gasteiger partial charge on any atom is -0.497 e. The Morgan fingerprint density at radius 1 is 1.14 bits per heavy atom. The molecule has 0 aliphatic rings. The number of sulfonamides is 1. The monoisotopic (exact) mass is 436 g/mol. The highest BCUT2D eigenvalue weighted by atomic mass is 35.5. The Morgan fingerprint density at radius 2 is 1.75 bits per heavy atom. The van der Waals surface area contributed by atoms with Crippen LogP contribution in [0.25, 0.3) is 0 Å². The van der Waals surface area contributed by atoms with Crippen molar-refractivity contribution in [1.29, 1.82) is 0 Å². The molecule has 0 spiro atoms. The maximum Gasteiger partial charge on any atom is 0.416 e. The molecule has 0 radical (unpaired) electrons. The number of rotatable bonds is 6. The van der Waals surface area contributed by atoms with Crippen LogP contribution in [0, 0.1) is 0 Å². The summed E-state index contributed by atoms with van der Waals surface area (Å²) in [5, 5.41) is 2.08. The predicted octanol–water partition coefficient (Wildman–Crippen LogP) is 3.67. The first-order valence-corrected chi connectivity index (χ1v) is 9.64. The molecule has 2 rings (SSSR count). The van der Waals surface area contributed by atoms with Gasteiger partial charge in [-0.15, -0.1) is 0 Å². The number of hydrogen-bond acceptors (Lipinski definition) is 4. The van der Waals surface area contributed by atoms with Gasteiger partial charge in [-0.1, -0.05) is 11.6 Å². The van der Waals surface area contributed by atoms with Crippen LogP contribution in [0.1, 0.15) is 12.5 Å². The average molecular weight is 437 g/mol. The first-order chi connectivity index (χ1) is 12.9. The first kappa shape index (κ1) is 22.0. The fraction of sp³-hybridized carbons (Fsp3) is 0.235. The molecule has 0 aromatic heterocycles. The lowest BCUT2D eigenvalue weighted by atomic mass is 10.2. The Hall–Kier alpha value is -2.30. The van der Waals surface area contributed by atoms with Crippen LogP contribution in [0.4, 0.5) is 18.9 Å². The van der Waals surface area contributed by atoms with E-state index in [0.29, 0.717) is 11.8 Å². The van der Waals surface area contributed by atoms with E-state index in [1.54, 1.807) is 0 Å². The van der Waals surface area contributed by atoms with Crippen LogP contribution in [0.2, 0.25) is 5.02 Å². The largest absolute Gasteiger partial charge is 0.497 e. The van der Waals surface area contributed by atoms with E-state index in [4.69, 9.17) is 16.3 Å². The van der Waals surface area contributed by atoms with Crippen LogP contribution < -0.4 is 14.8 Å². The Labute approximate surface area is 164 Å². The van der Waals surface area contributed by atoms with Crippen molar-refractivity contribution in [1.82, 2.24) is 4.72 Å². The minimum absolute atomic E-state index is 0.106. The highest BCUT2D eigenvalue weighted by molar-refractivity contribution is 7.89. The molecule has 1 amide bonds. The summed E-state index contributed by atoms with van der Waals surface area (Å²) in [6, 6.07) is 6.59. The molecular weight excluding hydrogens is 421 g/mol. The third-order valence-electron chi connectivity index (χ3n) is 3.65. The lowest BCUT2D eigenvalue weighted by Crippen LogP contribution is -2.41. The van der Waals surface area contributed by atoms with Crippen LogP contribution in [0.5, 0.6) is 5.75 Å². The van der Waals surface area contributed by atoms with Crippen molar-refractivity contribution < 1.29 is 31.1 Å². The maximum absolute atomic E-state index is 12.8. The van der Waals surface area contributed by atoms with Gasteiger partial charge in [-0.2, -0.15) is 17.9 Å². The Balaban J connectivity index is 2.14. The fourth-order valence-corrected chi connectivity index (χ4v) is 3.52. The molecule has 152 valence electrons. The quantitative estimate of drug-likeness (QED) is 0.723. The molecule has 0 bridgehead atoms. The number of carbonyl (C=O) groups is 1. The maximum atomic E-state index is 12.8. The topological polar surface area (TPSA) is 84.5 Å². The summed E-state index contributed by atoms with van der Waals surface area (Å²) in [6.07, 6.45) is -4.62. The minimum atomic E-state index is -4.62. The van der Waals surface area contributed by atoms with Gasteiger partial charge >= 0.3 is 6.18 Å². The summed E-state index contributed by atoms with van der Waals surface area (Å²) in [6.45, 7) is 1.25. The van der Waals surface area contributed by atoms with Gasteiger partial charge in [0.05, 0.1) is 34.3 Å². The van der Waals surface area contributed by atoms with Gasteiger partial charge in [0.2, 0.25) is 15.9 Å². The van der Waals surface area contributed by atoms with Crippen LogP contribution >= 0.6 is 11.6 Å². The molecule has 2 aromatic rings. The summed E-state index contributed by atoms with van der Waals surface area (Å²) in [5.74, 6) is -0.428. The number of benzene rings is 2. The van der Waals surface area contributed by atoms with Crippen LogP contribution in [0.15, 0.2) is 47.4 Å². The normalized spacial score (nSPS) is 13.1. The number of ether oxygens (including phenoxy) is 1. The number of carbonyl (C=O) groups excluding carboxylic acids is 1. The number of alkyl halides is 3. The molecule has 0 saturated carbocycles. The van der Waals surface area contributed by atoms with E-state index >= 15 is 0 Å². The predicted molar refractivity (Wildman–Crippen MR) is 97.9 cm³/mol. The molecule has 0 saturated heterocycles. The van der Waals surface area contributed by atoms with Crippen molar-refractivity contribution in [2.75, 3.05) is 12.4 Å². The highest BCUT2D eigenvalue weighted by Crippen LogP contribution is 2.33. The lowest BCUT2D eigenvalue weighted by Gasteiger charge is -2.16. The van der Waals surface area contributed by atoms with Gasteiger partial charge in [-0.05, 0) is 49.4 Å². The molecule has 6 nitrogen and oxygen atoms in total. The Morgan fingerprint density at radius 3 is 2.29 bits per heavy atom. The van der Waals surface area contributed by atoms with Gasteiger partial charge in [0.15, 0.2) is 0 Å². The van der Waals surface area contributed by atoms with E-state index in [1.165, 1.54) is 38.3 Å². The number of methoxy groups -OCH3 is 1. The van der Waals surface area contributed by atoms with E-state index in [0.717, 1.165) is 12.1 Å². The molecule has 1 atom stereocenters. The van der Waals surface area contributed by atoms with Gasteiger partial charge in [0.25, 0.3) is 0 Å². The zero-order valence-electron chi connectivity index (χ0n) is 14.7. The van der Waals surface area contributed by atoms with E-state index in [2.05, 4.69) is 10.0 Å². The molecule has 0 fully saturated rings. The number of anilines is 1. The number of nitrogens with one attached hydrogen (secondary N) is 2. The summed E-state index contributed by atoms with van der Waals surface area (Å²) >= 11 is 5.82.